The molecule has 0 aliphatic rings. The molecule has 20 heavy (non-hydrogen) atoms. The summed E-state index contributed by atoms with van der Waals surface area (Å²) < 4.78 is 17.9. The zero-order chi connectivity index (χ0) is 14.8. The van der Waals surface area contributed by atoms with Crippen molar-refractivity contribution < 1.29 is 13.9 Å². The number of ether oxygens (including phenoxy) is 1. The van der Waals surface area contributed by atoms with E-state index in [0.717, 1.165) is 12.0 Å². The summed E-state index contributed by atoms with van der Waals surface area (Å²) in [6, 6.07) is 6.24. The van der Waals surface area contributed by atoms with Crippen molar-refractivity contribution in [2.75, 3.05) is 26.8 Å². The highest BCUT2D eigenvalue weighted by Crippen LogP contribution is 2.03. The Morgan fingerprint density at radius 1 is 1.40 bits per heavy atom. The first-order valence-corrected chi connectivity index (χ1v) is 6.88. The van der Waals surface area contributed by atoms with Crippen LogP contribution in [0.1, 0.15) is 18.9 Å². The summed E-state index contributed by atoms with van der Waals surface area (Å²) in [7, 11) is 1.64. The summed E-state index contributed by atoms with van der Waals surface area (Å²) in [4.78, 5) is 11.7. The van der Waals surface area contributed by atoms with Crippen molar-refractivity contribution >= 4 is 5.91 Å². The smallest absolute Gasteiger partial charge is 0.236 e. The molecule has 0 aromatic heterocycles. The van der Waals surface area contributed by atoms with Crippen molar-refractivity contribution in [3.8, 4) is 0 Å². The van der Waals surface area contributed by atoms with E-state index < -0.39 is 0 Å². The molecule has 5 heteroatoms. The molecule has 2 N–H and O–H groups in total. The molecule has 1 aromatic carbocycles. The van der Waals surface area contributed by atoms with Gasteiger partial charge in [-0.2, -0.15) is 0 Å². The summed E-state index contributed by atoms with van der Waals surface area (Å²) in [5.74, 6) is -0.258. The van der Waals surface area contributed by atoms with E-state index in [1.165, 1.54) is 12.1 Å². The molecule has 0 heterocycles. The molecule has 0 fully saturated rings. The number of rotatable bonds is 9. The highest BCUT2D eigenvalue weighted by atomic mass is 19.1. The molecule has 0 saturated carbocycles. The van der Waals surface area contributed by atoms with Crippen molar-refractivity contribution in [2.45, 2.75) is 25.8 Å². The fraction of sp³-hybridized carbons (Fsp3) is 0.533. The summed E-state index contributed by atoms with van der Waals surface area (Å²) in [5.41, 5.74) is 0.921. The van der Waals surface area contributed by atoms with Crippen LogP contribution in [-0.2, 0) is 16.0 Å². The number of halogens is 1. The molecule has 1 aromatic rings. The van der Waals surface area contributed by atoms with Gasteiger partial charge >= 0.3 is 0 Å². The van der Waals surface area contributed by atoms with Crippen LogP contribution in [0, 0.1) is 5.82 Å². The highest BCUT2D eigenvalue weighted by molar-refractivity contribution is 5.81. The lowest BCUT2D eigenvalue weighted by atomic mass is 10.1. The fourth-order valence-corrected chi connectivity index (χ4v) is 1.80. The number of nitrogens with one attached hydrogen (secondary N) is 2. The Morgan fingerprint density at radius 3 is 2.90 bits per heavy atom. The van der Waals surface area contributed by atoms with Crippen molar-refractivity contribution in [2.24, 2.45) is 0 Å². The molecule has 1 atom stereocenters. The van der Waals surface area contributed by atoms with Gasteiger partial charge in [0, 0.05) is 20.3 Å². The Kier molecular flexibility index (Phi) is 7.84. The van der Waals surface area contributed by atoms with Gasteiger partial charge in [-0.3, -0.25) is 4.79 Å². The Hall–Kier alpha value is -1.46. The van der Waals surface area contributed by atoms with E-state index >= 15 is 0 Å². The molecule has 1 rings (SSSR count). The number of carbonyl (C=O) groups excluding carboxylic acids is 1. The molecule has 0 bridgehead atoms. The van der Waals surface area contributed by atoms with Gasteiger partial charge in [-0.1, -0.05) is 12.1 Å². The van der Waals surface area contributed by atoms with Gasteiger partial charge < -0.3 is 15.4 Å². The summed E-state index contributed by atoms with van der Waals surface area (Å²) in [6.45, 7) is 3.71. The number of methoxy groups -OCH3 is 1. The predicted octanol–water partition coefficient (Wildman–Crippen LogP) is 1.50. The van der Waals surface area contributed by atoms with Crippen LogP contribution in [0.4, 0.5) is 4.39 Å². The number of amides is 1. The molecule has 0 aliphatic carbocycles. The predicted molar refractivity (Wildman–Crippen MR) is 77.1 cm³/mol. The second-order valence-electron chi connectivity index (χ2n) is 4.69. The first-order chi connectivity index (χ1) is 9.63. The lowest BCUT2D eigenvalue weighted by Crippen LogP contribution is -2.43. The van der Waals surface area contributed by atoms with E-state index in [0.29, 0.717) is 26.1 Å². The minimum Gasteiger partial charge on any atom is -0.385 e. The zero-order valence-corrected chi connectivity index (χ0v) is 12.1. The second-order valence-corrected chi connectivity index (χ2v) is 4.69. The molecule has 0 spiro atoms. The summed E-state index contributed by atoms with van der Waals surface area (Å²) >= 11 is 0. The first kappa shape index (κ1) is 16.6. The van der Waals surface area contributed by atoms with Crippen LogP contribution < -0.4 is 10.6 Å². The third-order valence-corrected chi connectivity index (χ3v) is 2.97. The van der Waals surface area contributed by atoms with Gasteiger partial charge in [0.2, 0.25) is 5.91 Å². The van der Waals surface area contributed by atoms with E-state index in [1.54, 1.807) is 13.2 Å². The SMILES string of the molecule is COCCCNC(=O)C(C)NCCc1cccc(F)c1. The molecule has 0 radical (unpaired) electrons. The number of hydrogen-bond acceptors (Lipinski definition) is 3. The number of hydrogen-bond donors (Lipinski definition) is 2. The van der Waals surface area contributed by atoms with Crippen molar-refractivity contribution in [3.63, 3.8) is 0 Å². The van der Waals surface area contributed by atoms with E-state index in [-0.39, 0.29) is 17.8 Å². The molecule has 1 unspecified atom stereocenters. The average Bonchev–Trinajstić information content (AvgIpc) is 2.43. The lowest BCUT2D eigenvalue weighted by molar-refractivity contribution is -0.122. The Balaban J connectivity index is 2.18. The second kappa shape index (κ2) is 9.44. The molecule has 112 valence electrons. The maximum atomic E-state index is 13.0. The quantitative estimate of drug-likeness (QED) is 0.675. The topological polar surface area (TPSA) is 50.4 Å². The van der Waals surface area contributed by atoms with Crippen molar-refractivity contribution in [3.05, 3.63) is 35.6 Å². The zero-order valence-electron chi connectivity index (χ0n) is 12.1. The van der Waals surface area contributed by atoms with Gasteiger partial charge in [0.15, 0.2) is 0 Å². The van der Waals surface area contributed by atoms with Crippen LogP contribution >= 0.6 is 0 Å². The molecule has 4 nitrogen and oxygen atoms in total. The van der Waals surface area contributed by atoms with Crippen LogP contribution in [0.5, 0.6) is 0 Å². The maximum Gasteiger partial charge on any atom is 0.236 e. The normalized spacial score (nSPS) is 12.2. The summed E-state index contributed by atoms with van der Waals surface area (Å²) in [5, 5.41) is 5.96. The molecule has 1 amide bonds. The lowest BCUT2D eigenvalue weighted by Gasteiger charge is -2.14. The van der Waals surface area contributed by atoms with E-state index in [1.807, 2.05) is 13.0 Å². The van der Waals surface area contributed by atoms with Gasteiger partial charge in [-0.05, 0) is 44.0 Å². The van der Waals surface area contributed by atoms with E-state index in [9.17, 15) is 9.18 Å². The number of benzene rings is 1. The van der Waals surface area contributed by atoms with Gasteiger partial charge in [0.05, 0.1) is 6.04 Å². The Bertz CT molecular complexity index is 413. The third-order valence-electron chi connectivity index (χ3n) is 2.97. The van der Waals surface area contributed by atoms with Gasteiger partial charge in [0.1, 0.15) is 5.82 Å². The monoisotopic (exact) mass is 282 g/mol. The first-order valence-electron chi connectivity index (χ1n) is 6.88. The standard InChI is InChI=1S/C15H23FN2O2/c1-12(15(19)18-8-4-10-20-2)17-9-7-13-5-3-6-14(16)11-13/h3,5-6,11-12,17H,4,7-10H2,1-2H3,(H,18,19). The molecular formula is C15H23FN2O2. The highest BCUT2D eigenvalue weighted by Gasteiger charge is 2.10. The maximum absolute atomic E-state index is 13.0. The van der Waals surface area contributed by atoms with Crippen molar-refractivity contribution in [1.82, 2.24) is 10.6 Å². The van der Waals surface area contributed by atoms with E-state index in [4.69, 9.17) is 4.74 Å². The number of carbonyl (C=O) groups is 1. The van der Waals surface area contributed by atoms with Crippen LogP contribution in [0.25, 0.3) is 0 Å². The van der Waals surface area contributed by atoms with Crippen LogP contribution in [-0.4, -0.2) is 38.8 Å². The molecule has 0 aliphatic heterocycles. The van der Waals surface area contributed by atoms with Crippen LogP contribution in [0.3, 0.4) is 0 Å². The van der Waals surface area contributed by atoms with Crippen LogP contribution in [0.15, 0.2) is 24.3 Å². The van der Waals surface area contributed by atoms with Gasteiger partial charge in [-0.25, -0.2) is 4.39 Å². The van der Waals surface area contributed by atoms with E-state index in [2.05, 4.69) is 10.6 Å². The molecule has 0 saturated heterocycles. The largest absolute Gasteiger partial charge is 0.385 e. The third kappa shape index (κ3) is 6.63. The van der Waals surface area contributed by atoms with Gasteiger partial charge in [-0.15, -0.1) is 0 Å². The van der Waals surface area contributed by atoms with Gasteiger partial charge in [0.25, 0.3) is 0 Å². The van der Waals surface area contributed by atoms with Crippen molar-refractivity contribution in [1.29, 1.82) is 0 Å². The minimum atomic E-state index is -0.258. The summed E-state index contributed by atoms with van der Waals surface area (Å²) in [6.07, 6.45) is 1.50. The Labute approximate surface area is 119 Å². The minimum absolute atomic E-state index is 0.0275. The molecular weight excluding hydrogens is 259 g/mol. The van der Waals surface area contributed by atoms with Crippen LogP contribution in [0.2, 0.25) is 0 Å². The Morgan fingerprint density at radius 2 is 2.20 bits per heavy atom. The fourth-order valence-electron chi connectivity index (χ4n) is 1.80. The average molecular weight is 282 g/mol.